The summed E-state index contributed by atoms with van der Waals surface area (Å²) in [6.45, 7) is 4.96. The van der Waals surface area contributed by atoms with Crippen LogP contribution in [0.4, 0.5) is 0 Å². The highest BCUT2D eigenvalue weighted by Crippen LogP contribution is 2.24. The second kappa shape index (κ2) is 12.3. The molecule has 2 heterocycles. The van der Waals surface area contributed by atoms with Crippen molar-refractivity contribution in [2.75, 3.05) is 26.2 Å². The van der Waals surface area contributed by atoms with Gasteiger partial charge in [-0.1, -0.05) is 43.6 Å². The third kappa shape index (κ3) is 6.67. The Labute approximate surface area is 228 Å². The zero-order valence-electron chi connectivity index (χ0n) is 22.1. The average molecular weight is 539 g/mol. The fourth-order valence-corrected chi connectivity index (χ4v) is 4.84. The van der Waals surface area contributed by atoms with Gasteiger partial charge in [-0.25, -0.2) is 0 Å². The number of aromatic nitrogens is 1. The van der Waals surface area contributed by atoms with E-state index in [-0.39, 0.29) is 49.3 Å². The van der Waals surface area contributed by atoms with Gasteiger partial charge in [0.2, 0.25) is 11.8 Å². The summed E-state index contributed by atoms with van der Waals surface area (Å²) in [7, 11) is 1.96. The zero-order chi connectivity index (χ0) is 27.2. The maximum atomic E-state index is 13.4. The van der Waals surface area contributed by atoms with Crippen molar-refractivity contribution in [3.05, 3.63) is 64.8 Å². The number of aryl methyl sites for hydroxylation is 1. The van der Waals surface area contributed by atoms with E-state index < -0.39 is 0 Å². The van der Waals surface area contributed by atoms with Crippen molar-refractivity contribution in [3.63, 3.8) is 0 Å². The Hall–Kier alpha value is -3.52. The molecule has 0 saturated heterocycles. The Morgan fingerprint density at radius 2 is 1.95 bits per heavy atom. The number of para-hydroxylation sites is 1. The van der Waals surface area contributed by atoms with Gasteiger partial charge in [-0.2, -0.15) is 0 Å². The maximum Gasteiger partial charge on any atom is 0.255 e. The van der Waals surface area contributed by atoms with Crippen LogP contribution in [0.2, 0.25) is 5.02 Å². The van der Waals surface area contributed by atoms with E-state index in [2.05, 4.69) is 10.6 Å². The molecule has 0 unspecified atom stereocenters. The molecule has 1 aromatic heterocycles. The molecule has 0 fully saturated rings. The minimum absolute atomic E-state index is 0.0363. The molecule has 1 atom stereocenters. The summed E-state index contributed by atoms with van der Waals surface area (Å²) >= 11 is 6.14. The lowest BCUT2D eigenvalue weighted by molar-refractivity contribution is -0.136. The molecule has 2 N–H and O–H groups in total. The normalized spacial score (nSPS) is 17.7. The van der Waals surface area contributed by atoms with Crippen LogP contribution in [0.5, 0.6) is 5.75 Å². The minimum Gasteiger partial charge on any atom is -0.491 e. The van der Waals surface area contributed by atoms with Crippen LogP contribution in [0.25, 0.3) is 10.9 Å². The number of halogens is 1. The first-order valence-electron chi connectivity index (χ1n) is 13.0. The lowest BCUT2D eigenvalue weighted by Gasteiger charge is -2.26. The number of hydrogen-bond donors (Lipinski definition) is 2. The first kappa shape index (κ1) is 27.5. The van der Waals surface area contributed by atoms with Crippen LogP contribution in [0.15, 0.2) is 48.7 Å². The van der Waals surface area contributed by atoms with Crippen LogP contribution >= 0.6 is 11.6 Å². The number of nitrogens with one attached hydrogen (secondary N) is 2. The molecule has 2 aromatic carbocycles. The van der Waals surface area contributed by atoms with Gasteiger partial charge in [-0.3, -0.25) is 14.4 Å². The minimum atomic E-state index is -0.311. The number of benzene rings is 2. The van der Waals surface area contributed by atoms with Crippen molar-refractivity contribution in [2.24, 2.45) is 13.0 Å². The Kier molecular flexibility index (Phi) is 8.94. The molecule has 9 heteroatoms. The third-order valence-electron chi connectivity index (χ3n) is 6.90. The molecule has 1 aliphatic rings. The molecule has 0 saturated carbocycles. The van der Waals surface area contributed by atoms with Crippen molar-refractivity contribution in [3.8, 4) is 5.75 Å². The van der Waals surface area contributed by atoms with Crippen LogP contribution in [-0.4, -0.2) is 59.5 Å². The third-order valence-corrected chi connectivity index (χ3v) is 7.14. The van der Waals surface area contributed by atoms with Gasteiger partial charge in [-0.05, 0) is 48.6 Å². The highest BCUT2D eigenvalue weighted by atomic mass is 35.5. The lowest BCUT2D eigenvalue weighted by atomic mass is 10.1. The number of hydrogen-bond acceptors (Lipinski definition) is 4. The van der Waals surface area contributed by atoms with E-state index in [0.29, 0.717) is 42.3 Å². The molecular weight excluding hydrogens is 504 g/mol. The molecule has 4 rings (SSSR count). The van der Waals surface area contributed by atoms with Crippen LogP contribution < -0.4 is 15.4 Å². The molecule has 3 aromatic rings. The molecule has 38 heavy (non-hydrogen) atoms. The van der Waals surface area contributed by atoms with Gasteiger partial charge >= 0.3 is 0 Å². The van der Waals surface area contributed by atoms with Gasteiger partial charge in [0, 0.05) is 42.3 Å². The quantitative estimate of drug-likeness (QED) is 0.528. The van der Waals surface area contributed by atoms with E-state index >= 15 is 0 Å². The number of carbonyl (C=O) groups excluding carboxylic acids is 3. The standard InChI is InChI=1S/C29H35ClN4O4/c1-19(2)24-18-38-26-11-10-21(30)15-23(26)29(37)31-12-6-7-13-34(17-27(35)32-24)28(36)14-20-16-33(3)25-9-5-4-8-22(20)25/h4-5,8-11,15-16,19,24H,6-7,12-14,17-18H2,1-3H3,(H,31,37)(H,32,35)/t24-/m1/s1. The summed E-state index contributed by atoms with van der Waals surface area (Å²) < 4.78 is 8.00. The van der Waals surface area contributed by atoms with Gasteiger partial charge in [0.05, 0.1) is 24.6 Å². The number of carbonyl (C=O) groups is 3. The lowest BCUT2D eigenvalue weighted by Crippen LogP contribution is -2.48. The molecule has 0 spiro atoms. The van der Waals surface area contributed by atoms with Crippen LogP contribution in [0.1, 0.15) is 42.6 Å². The van der Waals surface area contributed by atoms with Crippen molar-refractivity contribution in [2.45, 2.75) is 39.2 Å². The van der Waals surface area contributed by atoms with Gasteiger partial charge < -0.3 is 24.8 Å². The summed E-state index contributed by atoms with van der Waals surface area (Å²) in [5.74, 6) is -0.137. The van der Waals surface area contributed by atoms with E-state index in [1.807, 2.05) is 55.9 Å². The van der Waals surface area contributed by atoms with Crippen LogP contribution in [0, 0.1) is 5.92 Å². The van der Waals surface area contributed by atoms with Gasteiger partial charge in [-0.15, -0.1) is 0 Å². The Bertz CT molecular complexity index is 1320. The van der Waals surface area contributed by atoms with Crippen molar-refractivity contribution < 1.29 is 19.1 Å². The van der Waals surface area contributed by atoms with Gasteiger partial charge in [0.25, 0.3) is 5.91 Å². The van der Waals surface area contributed by atoms with Crippen LogP contribution in [0.3, 0.4) is 0 Å². The molecule has 0 radical (unpaired) electrons. The smallest absolute Gasteiger partial charge is 0.255 e. The van der Waals surface area contributed by atoms with Crippen LogP contribution in [-0.2, 0) is 23.1 Å². The highest BCUT2D eigenvalue weighted by Gasteiger charge is 2.24. The molecule has 0 bridgehead atoms. The topological polar surface area (TPSA) is 92.7 Å². The first-order chi connectivity index (χ1) is 18.2. The summed E-state index contributed by atoms with van der Waals surface area (Å²) in [6, 6.07) is 12.6. The molecule has 3 amide bonds. The summed E-state index contributed by atoms with van der Waals surface area (Å²) in [4.78, 5) is 41.0. The Morgan fingerprint density at radius 1 is 1.16 bits per heavy atom. The van der Waals surface area contributed by atoms with E-state index in [4.69, 9.17) is 16.3 Å². The van der Waals surface area contributed by atoms with Gasteiger partial charge in [0.15, 0.2) is 0 Å². The molecule has 202 valence electrons. The maximum absolute atomic E-state index is 13.4. The first-order valence-corrected chi connectivity index (χ1v) is 13.4. The number of nitrogens with zero attached hydrogens (tertiary/aromatic N) is 2. The van der Waals surface area contributed by atoms with Gasteiger partial charge in [0.1, 0.15) is 12.4 Å². The molecular formula is C29H35ClN4O4. The Balaban J connectivity index is 1.52. The average Bonchev–Trinajstić information content (AvgIpc) is 3.20. The van der Waals surface area contributed by atoms with E-state index in [0.717, 1.165) is 16.5 Å². The SMILES string of the molecule is CC(C)[C@H]1COc2ccc(Cl)cc2C(=O)NCCCCN(C(=O)Cc2cn(C)c3ccccc23)CC(=O)N1. The number of rotatable bonds is 3. The summed E-state index contributed by atoms with van der Waals surface area (Å²) in [6.07, 6.45) is 3.47. The van der Waals surface area contributed by atoms with E-state index in [9.17, 15) is 14.4 Å². The van der Waals surface area contributed by atoms with E-state index in [1.165, 1.54) is 0 Å². The number of fused-ring (bicyclic) bond motifs is 2. The molecule has 0 aliphatic carbocycles. The predicted octanol–water partition coefficient (Wildman–Crippen LogP) is 3.95. The van der Waals surface area contributed by atoms with E-state index in [1.54, 1.807) is 23.1 Å². The Morgan fingerprint density at radius 3 is 2.74 bits per heavy atom. The van der Waals surface area contributed by atoms with Crippen molar-refractivity contribution >= 4 is 40.2 Å². The number of amides is 3. The predicted molar refractivity (Wildman–Crippen MR) is 148 cm³/mol. The van der Waals surface area contributed by atoms with Crippen molar-refractivity contribution in [1.82, 2.24) is 20.1 Å². The highest BCUT2D eigenvalue weighted by molar-refractivity contribution is 6.31. The molecule has 8 nitrogen and oxygen atoms in total. The second-order valence-electron chi connectivity index (χ2n) is 10.1. The fraction of sp³-hybridized carbons (Fsp3) is 0.414. The number of ether oxygens (including phenoxy) is 1. The largest absolute Gasteiger partial charge is 0.491 e. The van der Waals surface area contributed by atoms with Crippen molar-refractivity contribution in [1.29, 1.82) is 0 Å². The monoisotopic (exact) mass is 538 g/mol. The fourth-order valence-electron chi connectivity index (χ4n) is 4.67. The summed E-state index contributed by atoms with van der Waals surface area (Å²) in [5, 5.41) is 7.42. The molecule has 1 aliphatic heterocycles. The zero-order valence-corrected chi connectivity index (χ0v) is 22.9. The summed E-state index contributed by atoms with van der Waals surface area (Å²) in [5.41, 5.74) is 2.34. The second-order valence-corrected chi connectivity index (χ2v) is 10.5.